The number of aromatic carboxylic acids is 1. The van der Waals surface area contributed by atoms with Crippen molar-refractivity contribution in [1.82, 2.24) is 0 Å². The zero-order valence-corrected chi connectivity index (χ0v) is 11.8. The summed E-state index contributed by atoms with van der Waals surface area (Å²) in [6.07, 6.45) is 0. The molecule has 0 spiro atoms. The van der Waals surface area contributed by atoms with Crippen molar-refractivity contribution in [2.24, 2.45) is 0 Å². The Morgan fingerprint density at radius 1 is 1.17 bits per heavy atom. The van der Waals surface area contributed by atoms with Crippen LogP contribution in [0, 0.1) is 0 Å². The van der Waals surface area contributed by atoms with Gasteiger partial charge >= 0.3 is 49.0 Å². The van der Waals surface area contributed by atoms with Crippen molar-refractivity contribution in [2.75, 3.05) is 0 Å². The van der Waals surface area contributed by atoms with Gasteiger partial charge in [0, 0.05) is 0 Å². The Bertz CT molecular complexity index is 215. The van der Waals surface area contributed by atoms with Crippen LogP contribution >= 0.6 is 0 Å². The predicted octanol–water partition coefficient (Wildman–Crippen LogP) is -3.07. The molecule has 5 heteroatoms. The number of carbonyl (C=O) groups is 1. The van der Waals surface area contributed by atoms with Gasteiger partial charge in [0.05, 0.1) is 5.97 Å². The third-order valence-corrected chi connectivity index (χ3v) is 1.01. The number of hydrogen-bond acceptors (Lipinski definition) is 2. The molecule has 54 valence electrons. The number of carboxylic acids is 1. The van der Waals surface area contributed by atoms with Gasteiger partial charge in [-0.25, -0.2) is 0 Å². The first kappa shape index (κ1) is 18.1. The molecule has 0 radical (unpaired) electrons. The van der Waals surface area contributed by atoms with Gasteiger partial charge in [0.2, 0.25) is 0 Å². The Morgan fingerprint density at radius 2 is 1.58 bits per heavy atom. The average Bonchev–Trinajstić information content (AvgIpc) is 1.90. The predicted molar refractivity (Wildman–Crippen MR) is 31.5 cm³/mol. The van der Waals surface area contributed by atoms with Crippen LogP contribution in [0.3, 0.4) is 0 Å². The van der Waals surface area contributed by atoms with E-state index in [1.807, 2.05) is 0 Å². The van der Waals surface area contributed by atoms with Gasteiger partial charge in [0.25, 0.3) is 0 Å². The Kier molecular flexibility index (Phi) is 14.2. The minimum absolute atomic E-state index is 0. The second-order valence-electron chi connectivity index (χ2n) is 1.65. The van der Waals surface area contributed by atoms with Crippen LogP contribution in [0.5, 0.6) is 0 Å². The van der Waals surface area contributed by atoms with Gasteiger partial charge in [-0.2, -0.15) is 0 Å². The Balaban J connectivity index is -0.000000270. The summed E-state index contributed by atoms with van der Waals surface area (Å²) in [5.41, 5.74) is 0.220. The van der Waals surface area contributed by atoms with Gasteiger partial charge < -0.3 is 15.4 Å². The first-order valence-corrected chi connectivity index (χ1v) is 2.57. The van der Waals surface area contributed by atoms with Crippen molar-refractivity contribution < 1.29 is 64.4 Å². The molecule has 0 heterocycles. The molecule has 1 aromatic rings. The van der Waals surface area contributed by atoms with Crippen LogP contribution in [0.25, 0.3) is 0 Å². The summed E-state index contributed by atoms with van der Waals surface area (Å²) in [5, 5.41) is 10.1. The largest absolute Gasteiger partial charge is 2.00 e. The Morgan fingerprint density at radius 3 is 1.83 bits per heavy atom. The summed E-state index contributed by atoms with van der Waals surface area (Å²) >= 11 is 0. The maximum atomic E-state index is 10.1. The van der Waals surface area contributed by atoms with Gasteiger partial charge in [-0.3, -0.25) is 0 Å². The number of hydrogen-bond donors (Lipinski definition) is 0. The standard InChI is InChI=1S/C7H6O2.Na.O.Zn/c8-7(9)6-4-2-1-3-5-6;;;/h1-5H,(H,8,9);;;/q;+1;-2;+2/p-1. The molecular weight excluding hydrogens is 220 g/mol. The van der Waals surface area contributed by atoms with Gasteiger partial charge in [0.1, 0.15) is 0 Å². The second-order valence-corrected chi connectivity index (χ2v) is 1.65. The fraction of sp³-hybridized carbons (Fsp3) is 0. The molecule has 12 heavy (non-hydrogen) atoms. The molecule has 0 amide bonds. The number of carboxylic acid groups (broad SMARTS) is 1. The zero-order chi connectivity index (χ0) is 6.69. The minimum Gasteiger partial charge on any atom is -2.00 e. The van der Waals surface area contributed by atoms with Crippen LogP contribution in [0.1, 0.15) is 10.4 Å². The van der Waals surface area contributed by atoms with E-state index in [0.29, 0.717) is 0 Å². The van der Waals surface area contributed by atoms with Gasteiger partial charge in [-0.1, -0.05) is 30.3 Å². The molecule has 0 N–H and O–H groups in total. The van der Waals surface area contributed by atoms with E-state index < -0.39 is 5.97 Å². The molecule has 0 aliphatic rings. The fourth-order valence-corrected chi connectivity index (χ4v) is 0.574. The van der Waals surface area contributed by atoms with Crippen molar-refractivity contribution in [2.45, 2.75) is 0 Å². The van der Waals surface area contributed by atoms with Crippen molar-refractivity contribution in [3.63, 3.8) is 0 Å². The van der Waals surface area contributed by atoms with E-state index in [4.69, 9.17) is 0 Å². The summed E-state index contributed by atoms with van der Waals surface area (Å²) in [5.74, 6) is -1.13. The van der Waals surface area contributed by atoms with Crippen LogP contribution in [-0.4, -0.2) is 5.97 Å². The molecule has 0 aliphatic heterocycles. The number of benzene rings is 1. The Labute approximate surface area is 106 Å². The van der Waals surface area contributed by atoms with E-state index in [1.165, 1.54) is 12.1 Å². The van der Waals surface area contributed by atoms with Gasteiger partial charge in [0.15, 0.2) is 0 Å². The first-order chi connectivity index (χ1) is 4.30. The number of rotatable bonds is 1. The van der Waals surface area contributed by atoms with Gasteiger partial charge in [-0.05, 0) is 5.56 Å². The average molecular weight is 225 g/mol. The molecule has 0 saturated heterocycles. The second kappa shape index (κ2) is 9.36. The van der Waals surface area contributed by atoms with Crippen molar-refractivity contribution in [3.8, 4) is 0 Å². The van der Waals surface area contributed by atoms with Crippen molar-refractivity contribution in [1.29, 1.82) is 0 Å². The van der Waals surface area contributed by atoms with E-state index in [1.54, 1.807) is 18.2 Å². The summed E-state index contributed by atoms with van der Waals surface area (Å²) in [6.45, 7) is 0. The van der Waals surface area contributed by atoms with Crippen LogP contribution in [-0.2, 0) is 25.0 Å². The van der Waals surface area contributed by atoms with E-state index in [0.717, 1.165) is 0 Å². The molecule has 0 aromatic heterocycles. The Hall–Kier alpha value is 0.273. The molecule has 0 bridgehead atoms. The monoisotopic (exact) mass is 224 g/mol. The minimum atomic E-state index is -1.13. The number of carbonyl (C=O) groups excluding carboxylic acids is 1. The van der Waals surface area contributed by atoms with E-state index in [2.05, 4.69) is 0 Å². The fourth-order valence-electron chi connectivity index (χ4n) is 0.574. The quantitative estimate of drug-likeness (QED) is 0.476. The summed E-state index contributed by atoms with van der Waals surface area (Å²) in [7, 11) is 0. The van der Waals surface area contributed by atoms with Crippen LogP contribution in [0.2, 0.25) is 0 Å². The molecule has 1 rings (SSSR count). The molecule has 0 atom stereocenters. The maximum absolute atomic E-state index is 10.1. The van der Waals surface area contributed by atoms with E-state index in [9.17, 15) is 9.90 Å². The molecule has 0 saturated carbocycles. The molecule has 0 fully saturated rings. The molecule has 0 unspecified atom stereocenters. The van der Waals surface area contributed by atoms with E-state index >= 15 is 0 Å². The normalized spacial score (nSPS) is 6.67. The molecule has 0 aliphatic carbocycles. The third-order valence-electron chi connectivity index (χ3n) is 1.01. The first-order valence-electron chi connectivity index (χ1n) is 2.57. The van der Waals surface area contributed by atoms with Crippen LogP contribution in [0.4, 0.5) is 0 Å². The molecular formula is C7H5NaO3Zn. The van der Waals surface area contributed by atoms with E-state index in [-0.39, 0.29) is 60.1 Å². The van der Waals surface area contributed by atoms with Crippen LogP contribution in [0.15, 0.2) is 30.3 Å². The topological polar surface area (TPSA) is 68.6 Å². The maximum Gasteiger partial charge on any atom is 2.00 e. The summed E-state index contributed by atoms with van der Waals surface area (Å²) in [6, 6.07) is 8.06. The van der Waals surface area contributed by atoms with Crippen LogP contribution < -0.4 is 34.7 Å². The van der Waals surface area contributed by atoms with Gasteiger partial charge in [-0.15, -0.1) is 0 Å². The zero-order valence-electron chi connectivity index (χ0n) is 6.82. The van der Waals surface area contributed by atoms with Crippen molar-refractivity contribution >= 4 is 5.97 Å². The summed E-state index contributed by atoms with van der Waals surface area (Å²) in [4.78, 5) is 10.1. The summed E-state index contributed by atoms with van der Waals surface area (Å²) < 4.78 is 0. The van der Waals surface area contributed by atoms with Crippen molar-refractivity contribution in [3.05, 3.63) is 35.9 Å². The third kappa shape index (κ3) is 5.86. The molecule has 3 nitrogen and oxygen atoms in total. The molecule has 1 aromatic carbocycles. The smallest absolute Gasteiger partial charge is 2.00 e. The SMILES string of the molecule is O=C([O-])c1ccccc1.[Na+].[O-2].[Zn+2].